The second-order valence-electron chi connectivity index (χ2n) is 4.01. The fourth-order valence-corrected chi connectivity index (χ4v) is 2.21. The van der Waals surface area contributed by atoms with Gasteiger partial charge in [0.1, 0.15) is 6.04 Å². The van der Waals surface area contributed by atoms with Crippen LogP contribution in [0.15, 0.2) is 30.3 Å². The van der Waals surface area contributed by atoms with Crippen molar-refractivity contribution in [2.24, 2.45) is 0 Å². The molecular formula is C12H13NO3. The third kappa shape index (κ3) is 1.66. The van der Waals surface area contributed by atoms with Gasteiger partial charge in [0.05, 0.1) is 0 Å². The smallest absolute Gasteiger partial charge is 0.327 e. The van der Waals surface area contributed by atoms with E-state index in [1.165, 1.54) is 4.90 Å². The van der Waals surface area contributed by atoms with Crippen LogP contribution in [0.2, 0.25) is 0 Å². The van der Waals surface area contributed by atoms with Gasteiger partial charge in [-0.05, 0) is 5.56 Å². The Labute approximate surface area is 93.5 Å². The first-order chi connectivity index (χ1) is 7.61. The lowest BCUT2D eigenvalue weighted by Crippen LogP contribution is -2.37. The van der Waals surface area contributed by atoms with Crippen LogP contribution in [0.1, 0.15) is 17.9 Å². The van der Waals surface area contributed by atoms with Crippen LogP contribution in [-0.4, -0.2) is 35.0 Å². The van der Waals surface area contributed by atoms with Gasteiger partial charge < -0.3 is 10.0 Å². The van der Waals surface area contributed by atoms with E-state index < -0.39 is 12.0 Å². The molecule has 1 saturated heterocycles. The van der Waals surface area contributed by atoms with E-state index in [-0.39, 0.29) is 18.2 Å². The molecule has 4 nitrogen and oxygen atoms in total. The highest BCUT2D eigenvalue weighted by atomic mass is 16.4. The molecule has 2 unspecified atom stereocenters. The van der Waals surface area contributed by atoms with Crippen molar-refractivity contribution in [3.8, 4) is 0 Å². The molecule has 0 saturated carbocycles. The van der Waals surface area contributed by atoms with Gasteiger partial charge in [0.25, 0.3) is 0 Å². The second-order valence-corrected chi connectivity index (χ2v) is 4.01. The maximum absolute atomic E-state index is 11.5. The lowest BCUT2D eigenvalue weighted by atomic mass is 9.92. The van der Waals surface area contributed by atoms with Gasteiger partial charge in [-0.25, -0.2) is 4.79 Å². The molecule has 84 valence electrons. The molecule has 16 heavy (non-hydrogen) atoms. The third-order valence-corrected chi connectivity index (χ3v) is 3.07. The van der Waals surface area contributed by atoms with Crippen LogP contribution in [0, 0.1) is 0 Å². The first kappa shape index (κ1) is 10.7. The first-order valence-corrected chi connectivity index (χ1v) is 5.14. The van der Waals surface area contributed by atoms with E-state index in [4.69, 9.17) is 5.11 Å². The molecule has 1 N–H and O–H groups in total. The number of carbonyl (C=O) groups is 2. The number of nitrogens with zero attached hydrogens (tertiary/aromatic N) is 1. The van der Waals surface area contributed by atoms with Crippen molar-refractivity contribution in [3.63, 3.8) is 0 Å². The zero-order valence-electron chi connectivity index (χ0n) is 8.96. The molecule has 1 aliphatic rings. The molecule has 1 fully saturated rings. The van der Waals surface area contributed by atoms with Crippen molar-refractivity contribution in [2.75, 3.05) is 7.05 Å². The molecule has 2 rings (SSSR count). The molecular weight excluding hydrogens is 206 g/mol. The summed E-state index contributed by atoms with van der Waals surface area (Å²) >= 11 is 0. The lowest BCUT2D eigenvalue weighted by molar-refractivity contribution is -0.145. The minimum atomic E-state index is -0.942. The van der Waals surface area contributed by atoms with Crippen LogP contribution in [0.25, 0.3) is 0 Å². The SMILES string of the molecule is CN1C(=O)CC(c2ccccc2)C1C(=O)O. The predicted molar refractivity (Wildman–Crippen MR) is 58.0 cm³/mol. The Balaban J connectivity index is 2.34. The summed E-state index contributed by atoms with van der Waals surface area (Å²) in [6.45, 7) is 0. The summed E-state index contributed by atoms with van der Waals surface area (Å²) in [6.07, 6.45) is 0.275. The van der Waals surface area contributed by atoms with Crippen LogP contribution < -0.4 is 0 Å². The van der Waals surface area contributed by atoms with Gasteiger partial charge >= 0.3 is 5.97 Å². The zero-order valence-corrected chi connectivity index (χ0v) is 8.96. The highest BCUT2D eigenvalue weighted by Gasteiger charge is 2.42. The molecule has 0 aromatic heterocycles. The number of likely N-dealkylation sites (N-methyl/N-ethyl adjacent to an activating group) is 1. The summed E-state index contributed by atoms with van der Waals surface area (Å²) in [4.78, 5) is 24.0. The van der Waals surface area contributed by atoms with Gasteiger partial charge in [-0.3, -0.25) is 4.79 Å². The van der Waals surface area contributed by atoms with Crippen LogP contribution in [0.3, 0.4) is 0 Å². The van der Waals surface area contributed by atoms with E-state index in [1.54, 1.807) is 7.05 Å². The molecule has 1 aromatic carbocycles. The number of aliphatic carboxylic acids is 1. The van der Waals surface area contributed by atoms with E-state index in [9.17, 15) is 9.59 Å². The molecule has 2 atom stereocenters. The van der Waals surface area contributed by atoms with Gasteiger partial charge in [0.15, 0.2) is 0 Å². The number of carbonyl (C=O) groups excluding carboxylic acids is 1. The van der Waals surface area contributed by atoms with Crippen LogP contribution in [0.5, 0.6) is 0 Å². The van der Waals surface area contributed by atoms with E-state index >= 15 is 0 Å². The summed E-state index contributed by atoms with van der Waals surface area (Å²) in [5.41, 5.74) is 0.910. The number of benzene rings is 1. The molecule has 1 amide bonds. The van der Waals surface area contributed by atoms with Crippen molar-refractivity contribution in [1.82, 2.24) is 4.90 Å². The van der Waals surface area contributed by atoms with Crippen molar-refractivity contribution in [2.45, 2.75) is 18.4 Å². The fourth-order valence-electron chi connectivity index (χ4n) is 2.21. The van der Waals surface area contributed by atoms with Crippen LogP contribution in [-0.2, 0) is 9.59 Å². The summed E-state index contributed by atoms with van der Waals surface area (Å²) in [5, 5.41) is 9.14. The number of likely N-dealkylation sites (tertiary alicyclic amines) is 1. The quantitative estimate of drug-likeness (QED) is 0.809. The van der Waals surface area contributed by atoms with Gasteiger partial charge in [0, 0.05) is 19.4 Å². The maximum Gasteiger partial charge on any atom is 0.327 e. The number of amides is 1. The summed E-state index contributed by atoms with van der Waals surface area (Å²) < 4.78 is 0. The van der Waals surface area contributed by atoms with Crippen molar-refractivity contribution in [3.05, 3.63) is 35.9 Å². The number of hydrogen-bond donors (Lipinski definition) is 1. The van der Waals surface area contributed by atoms with E-state index in [1.807, 2.05) is 30.3 Å². The average molecular weight is 219 g/mol. The van der Waals surface area contributed by atoms with Gasteiger partial charge in [-0.1, -0.05) is 30.3 Å². The highest BCUT2D eigenvalue weighted by Crippen LogP contribution is 2.33. The Bertz CT molecular complexity index is 416. The Kier molecular flexibility index (Phi) is 2.64. The lowest BCUT2D eigenvalue weighted by Gasteiger charge is -2.20. The summed E-state index contributed by atoms with van der Waals surface area (Å²) in [6, 6.07) is 8.59. The third-order valence-electron chi connectivity index (χ3n) is 3.07. The molecule has 4 heteroatoms. The molecule has 0 aliphatic carbocycles. The predicted octanol–water partition coefficient (Wildman–Crippen LogP) is 1.09. The van der Waals surface area contributed by atoms with Crippen LogP contribution in [0.4, 0.5) is 0 Å². The largest absolute Gasteiger partial charge is 0.480 e. The monoisotopic (exact) mass is 219 g/mol. The molecule has 1 heterocycles. The fraction of sp³-hybridized carbons (Fsp3) is 0.333. The minimum Gasteiger partial charge on any atom is -0.480 e. The van der Waals surface area contributed by atoms with E-state index in [2.05, 4.69) is 0 Å². The normalized spacial score (nSPS) is 24.8. The van der Waals surface area contributed by atoms with Crippen molar-refractivity contribution in [1.29, 1.82) is 0 Å². The van der Waals surface area contributed by atoms with Crippen LogP contribution >= 0.6 is 0 Å². The number of carboxylic acid groups (broad SMARTS) is 1. The molecule has 1 aromatic rings. The number of carboxylic acids is 1. The van der Waals surface area contributed by atoms with Crippen molar-refractivity contribution >= 4 is 11.9 Å². The Morgan fingerprint density at radius 3 is 2.56 bits per heavy atom. The standard InChI is InChI=1S/C12H13NO3/c1-13-10(14)7-9(11(13)12(15)16)8-5-3-2-4-6-8/h2-6,9,11H,7H2,1H3,(H,15,16). The summed E-state index contributed by atoms with van der Waals surface area (Å²) in [7, 11) is 1.55. The van der Waals surface area contributed by atoms with Gasteiger partial charge in [-0.15, -0.1) is 0 Å². The minimum absolute atomic E-state index is 0.110. The van der Waals surface area contributed by atoms with Gasteiger partial charge in [0.2, 0.25) is 5.91 Å². The average Bonchev–Trinajstić information content (AvgIpc) is 2.57. The topological polar surface area (TPSA) is 57.6 Å². The highest BCUT2D eigenvalue weighted by molar-refractivity contribution is 5.89. The van der Waals surface area contributed by atoms with E-state index in [0.717, 1.165) is 5.56 Å². The molecule has 0 bridgehead atoms. The second kappa shape index (κ2) is 3.96. The Hall–Kier alpha value is -1.84. The summed E-state index contributed by atoms with van der Waals surface area (Å²) in [5.74, 6) is -1.29. The number of rotatable bonds is 2. The molecule has 0 radical (unpaired) electrons. The van der Waals surface area contributed by atoms with Crippen molar-refractivity contribution < 1.29 is 14.7 Å². The molecule has 1 aliphatic heterocycles. The Morgan fingerprint density at radius 2 is 2.00 bits per heavy atom. The van der Waals surface area contributed by atoms with E-state index in [0.29, 0.717) is 0 Å². The first-order valence-electron chi connectivity index (χ1n) is 5.14. The Morgan fingerprint density at radius 1 is 1.38 bits per heavy atom. The zero-order chi connectivity index (χ0) is 11.7. The van der Waals surface area contributed by atoms with Gasteiger partial charge in [-0.2, -0.15) is 0 Å². The number of hydrogen-bond acceptors (Lipinski definition) is 2. The maximum atomic E-state index is 11.5. The molecule has 0 spiro atoms.